The van der Waals surface area contributed by atoms with Crippen LogP contribution in [-0.4, -0.2) is 11.1 Å². The van der Waals surface area contributed by atoms with Crippen molar-refractivity contribution in [1.29, 1.82) is 0 Å². The van der Waals surface area contributed by atoms with Crippen molar-refractivity contribution in [2.75, 3.05) is 0 Å². The maximum atomic E-state index is 10.3. The zero-order chi connectivity index (χ0) is 14.9. The number of carboxylic acid groups (broad SMARTS) is 1. The third kappa shape index (κ3) is 16.9. The van der Waals surface area contributed by atoms with Crippen LogP contribution in [0.2, 0.25) is 0 Å². The van der Waals surface area contributed by atoms with Crippen molar-refractivity contribution >= 4 is 5.97 Å². The summed E-state index contributed by atoms with van der Waals surface area (Å²) in [5, 5.41) is 8.49. The average Bonchev–Trinajstić information content (AvgIpc) is 2.43. The summed E-state index contributed by atoms with van der Waals surface area (Å²) < 4.78 is 0. The highest BCUT2D eigenvalue weighted by atomic mass is 16.4. The van der Waals surface area contributed by atoms with E-state index in [4.69, 9.17) is 5.11 Å². The lowest BCUT2D eigenvalue weighted by atomic mass is 10.1. The fourth-order valence-corrected chi connectivity index (χ4v) is 2.11. The molecule has 0 unspecified atom stereocenters. The Bertz CT molecular complexity index is 267. The monoisotopic (exact) mass is 280 g/mol. The minimum Gasteiger partial charge on any atom is -0.481 e. The number of hydrogen-bond donors (Lipinski definition) is 1. The van der Waals surface area contributed by atoms with Gasteiger partial charge in [0.25, 0.3) is 0 Å². The molecule has 0 heterocycles. The second-order valence-corrected chi connectivity index (χ2v) is 5.41. The van der Waals surface area contributed by atoms with E-state index in [0.717, 1.165) is 19.3 Å². The summed E-state index contributed by atoms with van der Waals surface area (Å²) >= 11 is 0. The summed E-state index contributed by atoms with van der Waals surface area (Å²) in [5.41, 5.74) is 0. The molecule has 0 saturated carbocycles. The number of hydrogen-bond acceptors (Lipinski definition) is 1. The van der Waals surface area contributed by atoms with Crippen molar-refractivity contribution in [3.8, 4) is 0 Å². The van der Waals surface area contributed by atoms with Crippen molar-refractivity contribution < 1.29 is 9.90 Å². The summed E-state index contributed by atoms with van der Waals surface area (Å²) in [6, 6.07) is 0. The van der Waals surface area contributed by atoms with E-state index < -0.39 is 5.97 Å². The highest BCUT2D eigenvalue weighted by Gasteiger charge is 1.93. The predicted octanol–water partition coefficient (Wildman–Crippen LogP) is 5.88. The second kappa shape index (κ2) is 16.0. The predicted molar refractivity (Wildman–Crippen MR) is 87.0 cm³/mol. The molecule has 0 spiro atoms. The Morgan fingerprint density at radius 3 is 1.85 bits per heavy atom. The molecule has 2 heteroatoms. The summed E-state index contributed by atoms with van der Waals surface area (Å²) in [5.74, 6) is -0.691. The molecule has 0 aromatic rings. The first-order valence-corrected chi connectivity index (χ1v) is 8.30. The maximum Gasteiger partial charge on any atom is 0.303 e. The third-order valence-corrected chi connectivity index (χ3v) is 3.37. The molecule has 20 heavy (non-hydrogen) atoms. The lowest BCUT2D eigenvalue weighted by Gasteiger charge is -1.98. The van der Waals surface area contributed by atoms with Gasteiger partial charge in [-0.1, -0.05) is 69.8 Å². The second-order valence-electron chi connectivity index (χ2n) is 5.41. The van der Waals surface area contributed by atoms with E-state index >= 15 is 0 Å². The van der Waals surface area contributed by atoms with E-state index in [1.165, 1.54) is 51.4 Å². The lowest BCUT2D eigenvalue weighted by Crippen LogP contribution is -1.92. The van der Waals surface area contributed by atoms with Crippen LogP contribution < -0.4 is 0 Å². The lowest BCUT2D eigenvalue weighted by molar-refractivity contribution is -0.137. The first-order valence-electron chi connectivity index (χ1n) is 8.30. The van der Waals surface area contributed by atoms with Gasteiger partial charge in [0.05, 0.1) is 0 Å². The minimum absolute atomic E-state index is 0.294. The zero-order valence-electron chi connectivity index (χ0n) is 13.2. The van der Waals surface area contributed by atoms with Gasteiger partial charge in [0.15, 0.2) is 0 Å². The summed E-state index contributed by atoms with van der Waals surface area (Å²) in [6.07, 6.45) is 22.3. The van der Waals surface area contributed by atoms with Gasteiger partial charge < -0.3 is 5.11 Å². The summed E-state index contributed by atoms with van der Waals surface area (Å²) in [7, 11) is 0. The number of carbonyl (C=O) groups is 1. The van der Waals surface area contributed by atoms with Gasteiger partial charge in [0.2, 0.25) is 0 Å². The smallest absolute Gasteiger partial charge is 0.303 e. The Hall–Kier alpha value is -1.05. The van der Waals surface area contributed by atoms with Gasteiger partial charge in [0, 0.05) is 6.42 Å². The van der Waals surface area contributed by atoms with Crippen LogP contribution in [0.4, 0.5) is 0 Å². The van der Waals surface area contributed by atoms with Crippen LogP contribution in [0, 0.1) is 0 Å². The molecular formula is C18H32O2. The van der Waals surface area contributed by atoms with Crippen LogP contribution >= 0.6 is 0 Å². The van der Waals surface area contributed by atoms with Crippen LogP contribution in [0.25, 0.3) is 0 Å². The van der Waals surface area contributed by atoms with Crippen LogP contribution in [0.5, 0.6) is 0 Å². The Balaban J connectivity index is 3.20. The summed E-state index contributed by atoms with van der Waals surface area (Å²) in [6.45, 7) is 2.25. The number of allylic oxidation sites excluding steroid dienone is 4. The van der Waals surface area contributed by atoms with E-state index in [9.17, 15) is 4.79 Å². The van der Waals surface area contributed by atoms with Gasteiger partial charge in [-0.15, -0.1) is 0 Å². The van der Waals surface area contributed by atoms with Crippen LogP contribution in [0.3, 0.4) is 0 Å². The van der Waals surface area contributed by atoms with E-state index in [2.05, 4.69) is 31.2 Å². The third-order valence-electron chi connectivity index (χ3n) is 3.37. The van der Waals surface area contributed by atoms with Crippen LogP contribution in [-0.2, 0) is 4.79 Å². The first-order chi connectivity index (χ1) is 9.77. The summed E-state index contributed by atoms with van der Waals surface area (Å²) in [4.78, 5) is 10.3. The van der Waals surface area contributed by atoms with E-state index in [0.29, 0.717) is 6.42 Å². The molecule has 0 radical (unpaired) electrons. The molecule has 0 amide bonds. The number of rotatable bonds is 14. The van der Waals surface area contributed by atoms with Crippen molar-refractivity contribution in [3.05, 3.63) is 24.3 Å². The van der Waals surface area contributed by atoms with E-state index in [1.807, 2.05) is 0 Å². The zero-order valence-corrected chi connectivity index (χ0v) is 13.2. The van der Waals surface area contributed by atoms with Crippen LogP contribution in [0.15, 0.2) is 24.3 Å². The molecule has 2 nitrogen and oxygen atoms in total. The largest absolute Gasteiger partial charge is 0.481 e. The molecule has 0 aliphatic carbocycles. The van der Waals surface area contributed by atoms with Gasteiger partial charge in [-0.2, -0.15) is 0 Å². The molecule has 0 aromatic carbocycles. The molecular weight excluding hydrogens is 248 g/mol. The minimum atomic E-state index is -0.691. The number of aliphatic carboxylic acids is 1. The Labute approximate surface area is 125 Å². The molecule has 0 fully saturated rings. The van der Waals surface area contributed by atoms with Crippen molar-refractivity contribution in [3.63, 3.8) is 0 Å². The molecule has 116 valence electrons. The number of unbranched alkanes of at least 4 members (excludes halogenated alkanes) is 9. The van der Waals surface area contributed by atoms with Gasteiger partial charge in [-0.3, -0.25) is 4.79 Å². The fourth-order valence-electron chi connectivity index (χ4n) is 2.11. The topological polar surface area (TPSA) is 37.3 Å². The van der Waals surface area contributed by atoms with E-state index in [-0.39, 0.29) is 0 Å². The van der Waals surface area contributed by atoms with Gasteiger partial charge in [-0.25, -0.2) is 0 Å². The van der Waals surface area contributed by atoms with E-state index in [1.54, 1.807) is 0 Å². The van der Waals surface area contributed by atoms with Gasteiger partial charge in [0.1, 0.15) is 0 Å². The Kier molecular flexibility index (Phi) is 15.2. The fraction of sp³-hybridized carbons (Fsp3) is 0.722. The average molecular weight is 280 g/mol. The van der Waals surface area contributed by atoms with Crippen molar-refractivity contribution in [1.82, 2.24) is 0 Å². The quantitative estimate of drug-likeness (QED) is 0.318. The van der Waals surface area contributed by atoms with Crippen LogP contribution in [0.1, 0.15) is 84.0 Å². The molecule has 0 atom stereocenters. The maximum absolute atomic E-state index is 10.3. The van der Waals surface area contributed by atoms with Gasteiger partial charge in [-0.05, 0) is 32.1 Å². The molecule has 0 rings (SSSR count). The Morgan fingerprint density at radius 2 is 1.30 bits per heavy atom. The van der Waals surface area contributed by atoms with Gasteiger partial charge >= 0.3 is 5.97 Å². The normalized spacial score (nSPS) is 11.7. The molecule has 0 aliphatic rings. The SMILES string of the molecule is CCCCCCCCC/C=C/C=C\CCCCC(=O)O. The first kappa shape index (κ1) is 18.9. The standard InChI is InChI=1S/C18H32O2/c1-2-3-4-5-6-7-8-9-10-11-12-13-14-15-16-17-18(19)20/h10-13H,2-9,14-17H2,1H3,(H,19,20)/b11-10+,13-12-. The Morgan fingerprint density at radius 1 is 0.800 bits per heavy atom. The number of carboxylic acids is 1. The van der Waals surface area contributed by atoms with Crippen molar-refractivity contribution in [2.45, 2.75) is 84.0 Å². The van der Waals surface area contributed by atoms with Crippen molar-refractivity contribution in [2.24, 2.45) is 0 Å². The molecule has 0 aliphatic heterocycles. The molecule has 0 saturated heterocycles. The highest BCUT2D eigenvalue weighted by Crippen LogP contribution is 2.08. The molecule has 1 N–H and O–H groups in total. The highest BCUT2D eigenvalue weighted by molar-refractivity contribution is 5.66. The molecule has 0 aromatic heterocycles. The molecule has 0 bridgehead atoms.